The molecule has 1 saturated heterocycles. The van der Waals surface area contributed by atoms with Gasteiger partial charge in [-0.25, -0.2) is 8.42 Å². The van der Waals surface area contributed by atoms with Gasteiger partial charge in [-0.15, -0.1) is 0 Å². The number of aryl methyl sites for hydroxylation is 2. The summed E-state index contributed by atoms with van der Waals surface area (Å²) in [5.74, 6) is 0.753. The highest BCUT2D eigenvalue weighted by atomic mass is 32.2. The zero-order valence-electron chi connectivity index (χ0n) is 14.3. The Morgan fingerprint density at radius 2 is 1.88 bits per heavy atom. The molecule has 1 unspecified atom stereocenters. The zero-order chi connectivity index (χ0) is 17.3. The summed E-state index contributed by atoms with van der Waals surface area (Å²) in [5, 5.41) is 0. The maximum Gasteiger partial charge on any atom is 0.243 e. The summed E-state index contributed by atoms with van der Waals surface area (Å²) in [6, 6.07) is 12.9. The second kappa shape index (κ2) is 6.57. The minimum atomic E-state index is -3.50. The van der Waals surface area contributed by atoms with Crippen LogP contribution in [0.15, 0.2) is 47.4 Å². The van der Waals surface area contributed by atoms with E-state index in [4.69, 9.17) is 4.74 Å². The van der Waals surface area contributed by atoms with Gasteiger partial charge in [0.2, 0.25) is 10.0 Å². The molecule has 0 spiro atoms. The lowest BCUT2D eigenvalue weighted by Crippen LogP contribution is -2.30. The molecule has 0 bridgehead atoms. The summed E-state index contributed by atoms with van der Waals surface area (Å²) >= 11 is 0. The van der Waals surface area contributed by atoms with Gasteiger partial charge in [0.25, 0.3) is 0 Å². The highest BCUT2D eigenvalue weighted by Crippen LogP contribution is 2.37. The molecule has 0 aromatic heterocycles. The predicted octanol–water partition coefficient (Wildman–Crippen LogP) is 3.84. The molecule has 5 heteroatoms. The van der Waals surface area contributed by atoms with E-state index in [0.717, 1.165) is 35.3 Å². The number of ether oxygens (including phenoxy) is 1. The van der Waals surface area contributed by atoms with Gasteiger partial charge in [-0.3, -0.25) is 0 Å². The fourth-order valence-corrected chi connectivity index (χ4v) is 4.99. The van der Waals surface area contributed by atoms with Crippen molar-refractivity contribution in [3.63, 3.8) is 0 Å². The molecule has 3 rings (SSSR count). The van der Waals surface area contributed by atoms with Crippen molar-refractivity contribution in [3.05, 3.63) is 59.2 Å². The molecule has 0 saturated carbocycles. The largest absolute Gasteiger partial charge is 0.497 e. The Hall–Kier alpha value is -1.85. The molecule has 0 aliphatic carbocycles. The molecule has 24 heavy (non-hydrogen) atoms. The summed E-state index contributed by atoms with van der Waals surface area (Å²) in [4.78, 5) is 0.375. The minimum absolute atomic E-state index is 0.133. The summed E-state index contributed by atoms with van der Waals surface area (Å²) < 4.78 is 33.2. The molecule has 128 valence electrons. The molecule has 0 radical (unpaired) electrons. The van der Waals surface area contributed by atoms with E-state index in [9.17, 15) is 8.42 Å². The van der Waals surface area contributed by atoms with E-state index in [-0.39, 0.29) is 6.04 Å². The second-order valence-corrected chi connectivity index (χ2v) is 8.19. The predicted molar refractivity (Wildman–Crippen MR) is 94.8 cm³/mol. The average molecular weight is 345 g/mol. The van der Waals surface area contributed by atoms with Crippen molar-refractivity contribution in [1.29, 1.82) is 0 Å². The number of rotatable bonds is 4. The highest BCUT2D eigenvalue weighted by molar-refractivity contribution is 7.89. The zero-order valence-corrected chi connectivity index (χ0v) is 15.1. The third kappa shape index (κ3) is 3.06. The van der Waals surface area contributed by atoms with Crippen LogP contribution in [0.1, 0.15) is 35.6 Å². The van der Waals surface area contributed by atoms with Crippen LogP contribution >= 0.6 is 0 Å². The molecule has 0 N–H and O–H groups in total. The maximum atomic E-state index is 13.1. The first-order valence-electron chi connectivity index (χ1n) is 8.16. The molecule has 1 aliphatic rings. The summed E-state index contributed by atoms with van der Waals surface area (Å²) in [7, 11) is -1.88. The van der Waals surface area contributed by atoms with E-state index in [2.05, 4.69) is 0 Å². The summed E-state index contributed by atoms with van der Waals surface area (Å²) in [5.41, 5.74) is 3.08. The number of methoxy groups -OCH3 is 1. The molecule has 2 aromatic rings. The smallest absolute Gasteiger partial charge is 0.243 e. The third-order valence-corrected chi connectivity index (χ3v) is 6.67. The van der Waals surface area contributed by atoms with Crippen LogP contribution in [0.5, 0.6) is 5.75 Å². The van der Waals surface area contributed by atoms with Crippen molar-refractivity contribution >= 4 is 10.0 Å². The van der Waals surface area contributed by atoms with E-state index < -0.39 is 10.0 Å². The van der Waals surface area contributed by atoms with Crippen LogP contribution in [0.2, 0.25) is 0 Å². The van der Waals surface area contributed by atoms with Crippen LogP contribution in [0.4, 0.5) is 0 Å². The third-order valence-electron chi connectivity index (χ3n) is 4.77. The second-order valence-electron chi connectivity index (χ2n) is 6.30. The number of nitrogens with zero attached hydrogens (tertiary/aromatic N) is 1. The van der Waals surface area contributed by atoms with Crippen LogP contribution in [-0.2, 0) is 10.0 Å². The molecule has 1 aliphatic heterocycles. The number of benzene rings is 2. The molecule has 0 amide bonds. The minimum Gasteiger partial charge on any atom is -0.497 e. The molecule has 4 nitrogen and oxygen atoms in total. The number of hydrogen-bond donors (Lipinski definition) is 0. The quantitative estimate of drug-likeness (QED) is 0.846. The van der Waals surface area contributed by atoms with Gasteiger partial charge in [-0.05, 0) is 67.6 Å². The maximum absolute atomic E-state index is 13.1. The van der Waals surface area contributed by atoms with Crippen molar-refractivity contribution in [2.45, 2.75) is 37.6 Å². The normalized spacial score (nSPS) is 18.7. The van der Waals surface area contributed by atoms with Crippen LogP contribution in [0.25, 0.3) is 0 Å². The van der Waals surface area contributed by atoms with Gasteiger partial charge in [0.1, 0.15) is 5.75 Å². The Morgan fingerprint density at radius 3 is 2.58 bits per heavy atom. The SMILES string of the molecule is COc1cccc(C2CCCN2S(=O)(=O)c2ccc(C)c(C)c2)c1. The molecular formula is C19H23NO3S. The Kier molecular flexibility index (Phi) is 4.65. The van der Waals surface area contributed by atoms with Gasteiger partial charge in [0.05, 0.1) is 18.0 Å². The topological polar surface area (TPSA) is 46.6 Å². The Labute approximate surface area is 144 Å². The first-order valence-corrected chi connectivity index (χ1v) is 9.60. The van der Waals surface area contributed by atoms with Gasteiger partial charge in [0, 0.05) is 6.54 Å². The van der Waals surface area contributed by atoms with E-state index in [1.54, 1.807) is 23.5 Å². The van der Waals surface area contributed by atoms with Gasteiger partial charge in [-0.2, -0.15) is 4.31 Å². The Balaban J connectivity index is 1.98. The fraction of sp³-hybridized carbons (Fsp3) is 0.368. The lowest BCUT2D eigenvalue weighted by molar-refractivity contribution is 0.390. The number of sulfonamides is 1. The van der Waals surface area contributed by atoms with E-state index in [1.165, 1.54) is 0 Å². The standard InChI is InChI=1S/C19H23NO3S/c1-14-9-10-18(12-15(14)2)24(21,22)20-11-5-8-19(20)16-6-4-7-17(13-16)23-3/h4,6-7,9-10,12-13,19H,5,8,11H2,1-3H3. The molecule has 1 fully saturated rings. The first kappa shape index (κ1) is 17.0. The molecule has 2 aromatic carbocycles. The van der Waals surface area contributed by atoms with Crippen molar-refractivity contribution in [2.24, 2.45) is 0 Å². The Morgan fingerprint density at radius 1 is 1.08 bits per heavy atom. The fourth-order valence-electron chi connectivity index (χ4n) is 3.22. The Bertz CT molecular complexity index is 845. The van der Waals surface area contributed by atoms with Gasteiger partial charge in [0.15, 0.2) is 0 Å². The molecule has 1 heterocycles. The lowest BCUT2D eigenvalue weighted by atomic mass is 10.1. The van der Waals surface area contributed by atoms with Gasteiger partial charge >= 0.3 is 0 Å². The lowest BCUT2D eigenvalue weighted by Gasteiger charge is -2.25. The molecule has 1 atom stereocenters. The summed E-state index contributed by atoms with van der Waals surface area (Å²) in [6.07, 6.45) is 1.70. The van der Waals surface area contributed by atoms with Crippen molar-refractivity contribution in [1.82, 2.24) is 4.31 Å². The van der Waals surface area contributed by atoms with E-state index in [0.29, 0.717) is 11.4 Å². The van der Waals surface area contributed by atoms with E-state index >= 15 is 0 Å². The monoisotopic (exact) mass is 345 g/mol. The van der Waals surface area contributed by atoms with Crippen LogP contribution in [0, 0.1) is 13.8 Å². The van der Waals surface area contributed by atoms with Crippen molar-refractivity contribution < 1.29 is 13.2 Å². The first-order chi connectivity index (χ1) is 11.4. The van der Waals surface area contributed by atoms with E-state index in [1.807, 2.05) is 44.2 Å². The van der Waals surface area contributed by atoms with Crippen LogP contribution in [-0.4, -0.2) is 26.4 Å². The van der Waals surface area contributed by atoms with Crippen LogP contribution in [0.3, 0.4) is 0 Å². The molecular weight excluding hydrogens is 322 g/mol. The average Bonchev–Trinajstić information content (AvgIpc) is 3.08. The van der Waals surface area contributed by atoms with Crippen LogP contribution < -0.4 is 4.74 Å². The van der Waals surface area contributed by atoms with Crippen molar-refractivity contribution in [3.8, 4) is 5.75 Å². The van der Waals surface area contributed by atoms with Gasteiger partial charge in [-0.1, -0.05) is 18.2 Å². The number of hydrogen-bond acceptors (Lipinski definition) is 3. The van der Waals surface area contributed by atoms with Gasteiger partial charge < -0.3 is 4.74 Å². The summed E-state index contributed by atoms with van der Waals surface area (Å²) in [6.45, 7) is 4.48. The van der Waals surface area contributed by atoms with Crippen molar-refractivity contribution in [2.75, 3.05) is 13.7 Å². The highest BCUT2D eigenvalue weighted by Gasteiger charge is 2.36.